The van der Waals surface area contributed by atoms with E-state index in [0.29, 0.717) is 11.5 Å². The van der Waals surface area contributed by atoms with Crippen LogP contribution in [-0.2, 0) is 16.1 Å². The average molecular weight is 330 g/mol. The number of fused-ring (bicyclic) bond motifs is 1. The molecule has 0 saturated carbocycles. The minimum atomic E-state index is -0.923. The van der Waals surface area contributed by atoms with Crippen molar-refractivity contribution in [1.29, 1.82) is 0 Å². The molecule has 0 aliphatic carbocycles. The van der Waals surface area contributed by atoms with Gasteiger partial charge in [-0.05, 0) is 26.0 Å². The Morgan fingerprint density at radius 3 is 2.79 bits per heavy atom. The molecule has 2 N–H and O–H groups in total. The topological polar surface area (TPSA) is 109 Å². The van der Waals surface area contributed by atoms with Gasteiger partial charge < -0.3 is 10.6 Å². The van der Waals surface area contributed by atoms with Gasteiger partial charge in [0.05, 0.1) is 6.54 Å². The Bertz CT molecular complexity index is 812. The van der Waals surface area contributed by atoms with Crippen molar-refractivity contribution in [3.8, 4) is 0 Å². The molecular formula is C15H18N6O3. The van der Waals surface area contributed by atoms with Crippen molar-refractivity contribution in [3.63, 3.8) is 0 Å². The van der Waals surface area contributed by atoms with Gasteiger partial charge in [-0.2, -0.15) is 0 Å². The number of urea groups is 1. The fraction of sp³-hybridized carbons (Fsp3) is 0.400. The molecule has 4 amide bonds. The van der Waals surface area contributed by atoms with E-state index in [1.807, 2.05) is 24.4 Å². The van der Waals surface area contributed by atoms with E-state index >= 15 is 0 Å². The van der Waals surface area contributed by atoms with Gasteiger partial charge in [0.2, 0.25) is 5.91 Å². The number of amides is 4. The monoisotopic (exact) mass is 330 g/mol. The standard InChI is InChI=1S/C15H18N6O3/c1-15(2)13(23)21(14(24)17-15)8-6-12(22)16-9-11-19-18-10-5-3-4-7-20(10)11/h3-5,7H,6,8-9H2,1-2H3,(H,16,22)(H,17,24). The summed E-state index contributed by atoms with van der Waals surface area (Å²) in [7, 11) is 0. The molecule has 1 aliphatic heterocycles. The van der Waals surface area contributed by atoms with Gasteiger partial charge in [0.15, 0.2) is 11.5 Å². The number of hydrogen-bond acceptors (Lipinski definition) is 5. The zero-order valence-electron chi connectivity index (χ0n) is 13.4. The molecule has 3 heterocycles. The second-order valence-corrected chi connectivity index (χ2v) is 6.08. The quantitative estimate of drug-likeness (QED) is 0.754. The van der Waals surface area contributed by atoms with E-state index in [0.717, 1.165) is 4.90 Å². The number of rotatable bonds is 5. The van der Waals surface area contributed by atoms with E-state index in [2.05, 4.69) is 20.8 Å². The Morgan fingerprint density at radius 1 is 1.29 bits per heavy atom. The predicted octanol–water partition coefficient (Wildman–Crippen LogP) is 0.0660. The van der Waals surface area contributed by atoms with Crippen molar-refractivity contribution in [2.75, 3.05) is 6.54 Å². The smallest absolute Gasteiger partial charge is 0.325 e. The number of nitrogens with one attached hydrogen (secondary N) is 2. The fourth-order valence-electron chi connectivity index (χ4n) is 2.51. The van der Waals surface area contributed by atoms with E-state index in [1.54, 1.807) is 18.2 Å². The molecule has 0 aromatic carbocycles. The molecule has 126 valence electrons. The molecule has 1 saturated heterocycles. The highest BCUT2D eigenvalue weighted by Gasteiger charge is 2.43. The van der Waals surface area contributed by atoms with Crippen LogP contribution in [0.2, 0.25) is 0 Å². The van der Waals surface area contributed by atoms with Crippen molar-refractivity contribution < 1.29 is 14.4 Å². The van der Waals surface area contributed by atoms with Crippen LogP contribution in [0.15, 0.2) is 24.4 Å². The molecule has 0 spiro atoms. The Morgan fingerprint density at radius 2 is 2.08 bits per heavy atom. The first-order chi connectivity index (χ1) is 11.4. The summed E-state index contributed by atoms with van der Waals surface area (Å²) in [5.74, 6) is 0.00631. The first-order valence-electron chi connectivity index (χ1n) is 7.58. The number of pyridine rings is 1. The first kappa shape index (κ1) is 15.9. The third-order valence-corrected chi connectivity index (χ3v) is 3.83. The molecule has 0 atom stereocenters. The molecule has 2 aromatic rings. The van der Waals surface area contributed by atoms with Crippen LogP contribution in [0.5, 0.6) is 0 Å². The third kappa shape index (κ3) is 2.92. The number of carbonyl (C=O) groups excluding carboxylic acids is 3. The van der Waals surface area contributed by atoms with Gasteiger partial charge in [-0.15, -0.1) is 10.2 Å². The molecule has 1 fully saturated rings. The lowest BCUT2D eigenvalue weighted by atomic mass is 10.1. The summed E-state index contributed by atoms with van der Waals surface area (Å²) in [6, 6.07) is 5.05. The molecular weight excluding hydrogens is 312 g/mol. The van der Waals surface area contributed by atoms with E-state index < -0.39 is 11.6 Å². The highest BCUT2D eigenvalue weighted by molar-refractivity contribution is 6.06. The maximum absolute atomic E-state index is 12.0. The van der Waals surface area contributed by atoms with Crippen LogP contribution in [0.25, 0.3) is 5.65 Å². The highest BCUT2D eigenvalue weighted by atomic mass is 16.2. The van der Waals surface area contributed by atoms with E-state index in [4.69, 9.17) is 0 Å². The summed E-state index contributed by atoms with van der Waals surface area (Å²) in [5, 5.41) is 13.3. The van der Waals surface area contributed by atoms with Crippen molar-refractivity contribution in [2.45, 2.75) is 32.4 Å². The van der Waals surface area contributed by atoms with Crippen LogP contribution in [0.1, 0.15) is 26.1 Å². The summed E-state index contributed by atoms with van der Waals surface area (Å²) >= 11 is 0. The summed E-state index contributed by atoms with van der Waals surface area (Å²) < 4.78 is 1.78. The van der Waals surface area contributed by atoms with Gasteiger partial charge in [0.1, 0.15) is 5.54 Å². The number of hydrogen-bond donors (Lipinski definition) is 2. The molecule has 9 nitrogen and oxygen atoms in total. The van der Waals surface area contributed by atoms with Crippen LogP contribution < -0.4 is 10.6 Å². The second kappa shape index (κ2) is 5.91. The minimum absolute atomic E-state index is 0.0337. The number of aromatic nitrogens is 3. The molecule has 0 unspecified atom stereocenters. The highest BCUT2D eigenvalue weighted by Crippen LogP contribution is 2.16. The van der Waals surface area contributed by atoms with Gasteiger partial charge in [-0.3, -0.25) is 18.9 Å². The van der Waals surface area contributed by atoms with Gasteiger partial charge in [0.25, 0.3) is 5.91 Å². The average Bonchev–Trinajstić information content (AvgIpc) is 3.03. The van der Waals surface area contributed by atoms with Gasteiger partial charge in [0, 0.05) is 19.2 Å². The SMILES string of the molecule is CC1(C)NC(=O)N(CCC(=O)NCc2nnc3ccccn23)C1=O. The Labute approximate surface area is 138 Å². The largest absolute Gasteiger partial charge is 0.349 e. The lowest BCUT2D eigenvalue weighted by molar-refractivity contribution is -0.130. The lowest BCUT2D eigenvalue weighted by Crippen LogP contribution is -2.40. The molecule has 0 bridgehead atoms. The molecule has 2 aromatic heterocycles. The lowest BCUT2D eigenvalue weighted by Gasteiger charge is -2.15. The van der Waals surface area contributed by atoms with E-state index in [-0.39, 0.29) is 31.3 Å². The summed E-state index contributed by atoms with van der Waals surface area (Å²) in [6.45, 7) is 3.52. The van der Waals surface area contributed by atoms with Crippen molar-refractivity contribution in [2.24, 2.45) is 0 Å². The normalized spacial score (nSPS) is 16.5. The van der Waals surface area contributed by atoms with Crippen molar-refractivity contribution in [1.82, 2.24) is 30.1 Å². The molecule has 3 rings (SSSR count). The number of imide groups is 1. The maximum atomic E-state index is 12.0. The van der Waals surface area contributed by atoms with Crippen LogP contribution in [-0.4, -0.2) is 49.4 Å². The van der Waals surface area contributed by atoms with Gasteiger partial charge in [-0.25, -0.2) is 4.79 Å². The molecule has 24 heavy (non-hydrogen) atoms. The van der Waals surface area contributed by atoms with Gasteiger partial charge in [-0.1, -0.05) is 6.07 Å². The predicted molar refractivity (Wildman–Crippen MR) is 83.8 cm³/mol. The Hall–Kier alpha value is -2.97. The van der Waals surface area contributed by atoms with E-state index in [9.17, 15) is 14.4 Å². The maximum Gasteiger partial charge on any atom is 0.325 e. The van der Waals surface area contributed by atoms with Crippen LogP contribution >= 0.6 is 0 Å². The van der Waals surface area contributed by atoms with Crippen LogP contribution in [0.3, 0.4) is 0 Å². The van der Waals surface area contributed by atoms with Crippen LogP contribution in [0.4, 0.5) is 4.79 Å². The molecule has 9 heteroatoms. The number of carbonyl (C=O) groups is 3. The van der Waals surface area contributed by atoms with E-state index in [1.165, 1.54) is 0 Å². The van der Waals surface area contributed by atoms with Crippen molar-refractivity contribution in [3.05, 3.63) is 30.2 Å². The summed E-state index contributed by atoms with van der Waals surface area (Å²) in [5.41, 5.74) is -0.225. The number of nitrogens with zero attached hydrogens (tertiary/aromatic N) is 4. The summed E-state index contributed by atoms with van der Waals surface area (Å²) in [4.78, 5) is 36.8. The summed E-state index contributed by atoms with van der Waals surface area (Å²) in [6.07, 6.45) is 1.85. The third-order valence-electron chi connectivity index (χ3n) is 3.83. The molecule has 0 radical (unpaired) electrons. The van der Waals surface area contributed by atoms with Gasteiger partial charge >= 0.3 is 6.03 Å². The molecule has 1 aliphatic rings. The second-order valence-electron chi connectivity index (χ2n) is 6.08. The Kier molecular flexibility index (Phi) is 3.92. The zero-order chi connectivity index (χ0) is 17.3. The Balaban J connectivity index is 1.53. The zero-order valence-corrected chi connectivity index (χ0v) is 13.4. The van der Waals surface area contributed by atoms with Crippen molar-refractivity contribution >= 4 is 23.5 Å². The fourth-order valence-corrected chi connectivity index (χ4v) is 2.51. The van der Waals surface area contributed by atoms with Crippen LogP contribution in [0, 0.1) is 0 Å². The minimum Gasteiger partial charge on any atom is -0.349 e. The first-order valence-corrected chi connectivity index (χ1v) is 7.58.